The van der Waals surface area contributed by atoms with Crippen LogP contribution in [-0.2, 0) is 4.79 Å². The molecule has 16 heavy (non-hydrogen) atoms. The molecule has 0 spiro atoms. The maximum atomic E-state index is 9.84. The number of hydrogen-bond acceptors (Lipinski definition) is 1. The molecule has 0 fully saturated rings. The summed E-state index contributed by atoms with van der Waals surface area (Å²) >= 11 is 0. The number of allylic oxidation sites excluding steroid dienone is 4. The summed E-state index contributed by atoms with van der Waals surface area (Å²) in [6.45, 7) is 2.25. The molecule has 0 aliphatic carbocycles. The Bertz CT molecular complexity index is 192. The van der Waals surface area contributed by atoms with Gasteiger partial charge in [0.1, 0.15) is 0 Å². The van der Waals surface area contributed by atoms with Gasteiger partial charge in [0.2, 0.25) is 6.29 Å². The average molecular weight is 221 g/mol. The van der Waals surface area contributed by atoms with Crippen LogP contribution in [0.4, 0.5) is 0 Å². The molecule has 0 unspecified atom stereocenters. The van der Waals surface area contributed by atoms with Crippen LogP contribution in [0.3, 0.4) is 0 Å². The predicted octanol–water partition coefficient (Wildman–Crippen LogP) is 4.74. The molecule has 0 heterocycles. The number of unbranched alkanes of at least 4 members (excludes halogenated alkanes) is 8. The minimum atomic E-state index is 1.12. The molecular formula is C15H25O. The molecule has 1 heteroatoms. The van der Waals surface area contributed by atoms with Crippen molar-refractivity contribution < 1.29 is 4.79 Å². The Kier molecular flexibility index (Phi) is 13.4. The first kappa shape index (κ1) is 15.2. The van der Waals surface area contributed by atoms with E-state index in [0.717, 1.165) is 6.42 Å². The van der Waals surface area contributed by atoms with Crippen molar-refractivity contribution in [3.8, 4) is 0 Å². The third-order valence-electron chi connectivity index (χ3n) is 2.64. The zero-order valence-electron chi connectivity index (χ0n) is 10.6. The monoisotopic (exact) mass is 221 g/mol. The largest absolute Gasteiger partial charge is 0.286 e. The first-order valence-electron chi connectivity index (χ1n) is 6.61. The summed E-state index contributed by atoms with van der Waals surface area (Å²) in [6, 6.07) is 0. The van der Waals surface area contributed by atoms with Gasteiger partial charge in [-0.25, -0.2) is 0 Å². The SMILES string of the molecule is CCCCCCCCCCC=CC=C[C]=O. The number of hydrogen-bond donors (Lipinski definition) is 0. The lowest BCUT2D eigenvalue weighted by atomic mass is 10.1. The molecule has 1 radical (unpaired) electrons. The summed E-state index contributed by atoms with van der Waals surface area (Å²) in [5.41, 5.74) is 0. The van der Waals surface area contributed by atoms with Gasteiger partial charge in [-0.3, -0.25) is 4.79 Å². The lowest BCUT2D eigenvalue weighted by molar-refractivity contribution is 0.564. The van der Waals surface area contributed by atoms with Crippen molar-refractivity contribution in [1.82, 2.24) is 0 Å². The van der Waals surface area contributed by atoms with Crippen molar-refractivity contribution in [1.29, 1.82) is 0 Å². The Morgan fingerprint density at radius 2 is 1.50 bits per heavy atom. The molecule has 0 aromatic heterocycles. The first-order chi connectivity index (χ1) is 7.91. The van der Waals surface area contributed by atoms with Crippen molar-refractivity contribution in [2.24, 2.45) is 0 Å². The van der Waals surface area contributed by atoms with Crippen LogP contribution in [0, 0.1) is 0 Å². The van der Waals surface area contributed by atoms with Gasteiger partial charge < -0.3 is 0 Å². The highest BCUT2D eigenvalue weighted by molar-refractivity contribution is 5.66. The van der Waals surface area contributed by atoms with E-state index in [1.165, 1.54) is 57.4 Å². The Morgan fingerprint density at radius 1 is 0.875 bits per heavy atom. The average Bonchev–Trinajstić information content (AvgIpc) is 2.31. The highest BCUT2D eigenvalue weighted by Crippen LogP contribution is 2.09. The van der Waals surface area contributed by atoms with Gasteiger partial charge in [-0.2, -0.15) is 0 Å². The van der Waals surface area contributed by atoms with Gasteiger partial charge in [0.05, 0.1) is 0 Å². The van der Waals surface area contributed by atoms with Crippen molar-refractivity contribution in [2.45, 2.75) is 64.7 Å². The molecule has 0 aliphatic rings. The van der Waals surface area contributed by atoms with Crippen LogP contribution in [0.1, 0.15) is 64.7 Å². The minimum absolute atomic E-state index is 1.12. The van der Waals surface area contributed by atoms with E-state index >= 15 is 0 Å². The fourth-order valence-electron chi connectivity index (χ4n) is 1.67. The summed E-state index contributed by atoms with van der Waals surface area (Å²) < 4.78 is 0. The van der Waals surface area contributed by atoms with E-state index in [2.05, 4.69) is 13.0 Å². The highest BCUT2D eigenvalue weighted by atomic mass is 16.1. The van der Waals surface area contributed by atoms with Crippen molar-refractivity contribution >= 4 is 6.29 Å². The maximum Gasteiger partial charge on any atom is 0.225 e. The topological polar surface area (TPSA) is 17.1 Å². The molecule has 0 saturated carbocycles. The minimum Gasteiger partial charge on any atom is -0.286 e. The quantitative estimate of drug-likeness (QED) is 0.280. The smallest absolute Gasteiger partial charge is 0.225 e. The van der Waals surface area contributed by atoms with Gasteiger partial charge in [0.25, 0.3) is 0 Å². The Balaban J connectivity index is 3.06. The molecule has 1 nitrogen and oxygen atoms in total. The van der Waals surface area contributed by atoms with Crippen LogP contribution < -0.4 is 0 Å². The lowest BCUT2D eigenvalue weighted by Crippen LogP contribution is -1.79. The van der Waals surface area contributed by atoms with E-state index in [1.807, 2.05) is 6.08 Å². The van der Waals surface area contributed by atoms with E-state index in [4.69, 9.17) is 0 Å². The molecule has 0 aromatic carbocycles. The number of rotatable bonds is 11. The summed E-state index contributed by atoms with van der Waals surface area (Å²) in [7, 11) is 0. The Morgan fingerprint density at radius 3 is 2.12 bits per heavy atom. The van der Waals surface area contributed by atoms with Crippen LogP contribution in [0.25, 0.3) is 0 Å². The fraction of sp³-hybridized carbons (Fsp3) is 0.667. The Labute approximate surface area is 101 Å². The second-order valence-electron chi connectivity index (χ2n) is 4.17. The van der Waals surface area contributed by atoms with Crippen molar-refractivity contribution in [3.05, 3.63) is 24.3 Å². The van der Waals surface area contributed by atoms with E-state index in [9.17, 15) is 4.79 Å². The molecule has 0 amide bonds. The molecule has 0 aliphatic heterocycles. The van der Waals surface area contributed by atoms with E-state index in [-0.39, 0.29) is 0 Å². The lowest BCUT2D eigenvalue weighted by Gasteiger charge is -1.99. The molecular weight excluding hydrogens is 196 g/mol. The summed E-state index contributed by atoms with van der Waals surface area (Å²) in [6.07, 6.45) is 20.9. The third-order valence-corrected chi connectivity index (χ3v) is 2.64. The standard InChI is InChI=1S/C15H25O/c1-2-3-4-5-6-7-8-9-10-11-12-13-14-15-16/h11-14H,2-10H2,1H3. The maximum absolute atomic E-state index is 9.84. The van der Waals surface area contributed by atoms with Crippen LogP contribution in [0.2, 0.25) is 0 Å². The molecule has 91 valence electrons. The van der Waals surface area contributed by atoms with Gasteiger partial charge in [0, 0.05) is 0 Å². The van der Waals surface area contributed by atoms with Crippen LogP contribution in [0.15, 0.2) is 24.3 Å². The second-order valence-corrected chi connectivity index (χ2v) is 4.17. The van der Waals surface area contributed by atoms with E-state index < -0.39 is 0 Å². The third kappa shape index (κ3) is 13.2. The van der Waals surface area contributed by atoms with Crippen molar-refractivity contribution in [2.75, 3.05) is 0 Å². The molecule has 0 aromatic rings. The van der Waals surface area contributed by atoms with Crippen LogP contribution >= 0.6 is 0 Å². The van der Waals surface area contributed by atoms with E-state index in [1.54, 1.807) is 12.4 Å². The summed E-state index contributed by atoms with van der Waals surface area (Å²) in [4.78, 5) is 9.84. The second kappa shape index (κ2) is 14.2. The summed E-state index contributed by atoms with van der Waals surface area (Å²) in [5.74, 6) is 0. The Hall–Kier alpha value is -0.850. The van der Waals surface area contributed by atoms with Crippen molar-refractivity contribution in [3.63, 3.8) is 0 Å². The van der Waals surface area contributed by atoms with Crippen LogP contribution in [0.5, 0.6) is 0 Å². The first-order valence-corrected chi connectivity index (χ1v) is 6.61. The normalized spacial score (nSPS) is 11.6. The zero-order chi connectivity index (χ0) is 11.9. The molecule has 0 bridgehead atoms. The molecule has 0 N–H and O–H groups in total. The van der Waals surface area contributed by atoms with Gasteiger partial charge in [0.15, 0.2) is 0 Å². The van der Waals surface area contributed by atoms with Gasteiger partial charge in [-0.15, -0.1) is 0 Å². The molecule has 0 atom stereocenters. The fourth-order valence-corrected chi connectivity index (χ4v) is 1.67. The highest BCUT2D eigenvalue weighted by Gasteiger charge is 1.89. The molecule has 0 saturated heterocycles. The van der Waals surface area contributed by atoms with Crippen LogP contribution in [-0.4, -0.2) is 6.29 Å². The predicted molar refractivity (Wildman–Crippen MR) is 71.2 cm³/mol. The van der Waals surface area contributed by atoms with E-state index in [0.29, 0.717) is 0 Å². The van der Waals surface area contributed by atoms with Gasteiger partial charge in [-0.1, -0.05) is 70.1 Å². The van der Waals surface area contributed by atoms with Gasteiger partial charge in [-0.05, 0) is 18.9 Å². The number of carbonyl (C=O) groups excluding carboxylic acids is 1. The zero-order valence-corrected chi connectivity index (χ0v) is 10.6. The summed E-state index contributed by atoms with van der Waals surface area (Å²) in [5, 5.41) is 0. The van der Waals surface area contributed by atoms with Gasteiger partial charge >= 0.3 is 0 Å². The molecule has 0 rings (SSSR count).